The molecule has 1 fully saturated rings. The second-order valence-corrected chi connectivity index (χ2v) is 4.85. The summed E-state index contributed by atoms with van der Waals surface area (Å²) in [6.07, 6.45) is 0.0646. The SMILES string of the molecule is CN(C)c1cccc(C(=O)NCC2CNCCO2)c1. The Labute approximate surface area is 113 Å². The van der Waals surface area contributed by atoms with Crippen molar-refractivity contribution in [2.24, 2.45) is 0 Å². The minimum Gasteiger partial charge on any atom is -0.378 e. The standard InChI is InChI=1S/C14H21N3O2/c1-17(2)12-5-3-4-11(8-12)14(18)16-10-13-9-15-6-7-19-13/h3-5,8,13,15H,6-7,9-10H2,1-2H3,(H,16,18). The van der Waals surface area contributed by atoms with E-state index in [-0.39, 0.29) is 12.0 Å². The molecule has 1 aromatic carbocycles. The monoisotopic (exact) mass is 263 g/mol. The number of hydrogen-bond donors (Lipinski definition) is 2. The molecule has 1 amide bonds. The summed E-state index contributed by atoms with van der Waals surface area (Å²) in [5.41, 5.74) is 1.69. The van der Waals surface area contributed by atoms with Crippen LogP contribution in [0.4, 0.5) is 5.69 Å². The van der Waals surface area contributed by atoms with Gasteiger partial charge in [0, 0.05) is 45.0 Å². The Morgan fingerprint density at radius 2 is 2.37 bits per heavy atom. The number of nitrogens with zero attached hydrogens (tertiary/aromatic N) is 1. The van der Waals surface area contributed by atoms with E-state index in [0.717, 1.165) is 18.8 Å². The van der Waals surface area contributed by atoms with Crippen LogP contribution in [0.2, 0.25) is 0 Å². The number of morpholine rings is 1. The molecular formula is C14H21N3O2. The van der Waals surface area contributed by atoms with Gasteiger partial charge in [-0.2, -0.15) is 0 Å². The highest BCUT2D eigenvalue weighted by Gasteiger charge is 2.15. The maximum absolute atomic E-state index is 12.1. The van der Waals surface area contributed by atoms with E-state index in [2.05, 4.69) is 10.6 Å². The van der Waals surface area contributed by atoms with Crippen molar-refractivity contribution in [3.05, 3.63) is 29.8 Å². The summed E-state index contributed by atoms with van der Waals surface area (Å²) in [4.78, 5) is 14.0. The zero-order chi connectivity index (χ0) is 13.7. The molecule has 0 spiro atoms. The van der Waals surface area contributed by atoms with E-state index in [1.165, 1.54) is 0 Å². The number of anilines is 1. The van der Waals surface area contributed by atoms with Crippen molar-refractivity contribution in [2.45, 2.75) is 6.10 Å². The van der Waals surface area contributed by atoms with E-state index in [1.807, 2.05) is 43.3 Å². The molecule has 5 nitrogen and oxygen atoms in total. The second kappa shape index (κ2) is 6.54. The fourth-order valence-electron chi connectivity index (χ4n) is 1.98. The Kier molecular flexibility index (Phi) is 4.76. The van der Waals surface area contributed by atoms with Crippen LogP contribution in [0, 0.1) is 0 Å². The lowest BCUT2D eigenvalue weighted by atomic mass is 10.1. The molecule has 0 saturated carbocycles. The smallest absolute Gasteiger partial charge is 0.251 e. The molecule has 19 heavy (non-hydrogen) atoms. The van der Waals surface area contributed by atoms with Crippen molar-refractivity contribution in [2.75, 3.05) is 45.2 Å². The van der Waals surface area contributed by atoms with Crippen LogP contribution in [0.1, 0.15) is 10.4 Å². The fraction of sp³-hybridized carbons (Fsp3) is 0.500. The number of carbonyl (C=O) groups excluding carboxylic acids is 1. The van der Waals surface area contributed by atoms with Crippen LogP contribution in [0.15, 0.2) is 24.3 Å². The van der Waals surface area contributed by atoms with Crippen LogP contribution in [0.25, 0.3) is 0 Å². The lowest BCUT2D eigenvalue weighted by molar-refractivity contribution is 0.0287. The summed E-state index contributed by atoms with van der Waals surface area (Å²) in [6, 6.07) is 7.57. The average Bonchev–Trinajstić information content (AvgIpc) is 2.46. The molecular weight excluding hydrogens is 242 g/mol. The molecule has 1 aliphatic heterocycles. The largest absolute Gasteiger partial charge is 0.378 e. The van der Waals surface area contributed by atoms with Crippen LogP contribution >= 0.6 is 0 Å². The van der Waals surface area contributed by atoms with Gasteiger partial charge in [-0.15, -0.1) is 0 Å². The van der Waals surface area contributed by atoms with Crippen LogP contribution in [-0.2, 0) is 4.74 Å². The molecule has 0 aromatic heterocycles. The molecule has 1 aromatic rings. The Morgan fingerprint density at radius 1 is 1.53 bits per heavy atom. The van der Waals surface area contributed by atoms with E-state index in [1.54, 1.807) is 0 Å². The molecule has 0 aliphatic carbocycles. The fourth-order valence-corrected chi connectivity index (χ4v) is 1.98. The lowest BCUT2D eigenvalue weighted by Crippen LogP contribution is -2.45. The van der Waals surface area contributed by atoms with Crippen LogP contribution in [0.5, 0.6) is 0 Å². The van der Waals surface area contributed by atoms with Gasteiger partial charge in [-0.05, 0) is 18.2 Å². The highest BCUT2D eigenvalue weighted by atomic mass is 16.5. The molecule has 0 radical (unpaired) electrons. The first-order valence-electron chi connectivity index (χ1n) is 6.55. The van der Waals surface area contributed by atoms with E-state index >= 15 is 0 Å². The van der Waals surface area contributed by atoms with Crippen molar-refractivity contribution in [3.63, 3.8) is 0 Å². The quantitative estimate of drug-likeness (QED) is 0.829. The van der Waals surface area contributed by atoms with Gasteiger partial charge in [-0.1, -0.05) is 6.07 Å². The van der Waals surface area contributed by atoms with Gasteiger partial charge in [0.25, 0.3) is 5.91 Å². The molecule has 1 unspecified atom stereocenters. The minimum atomic E-state index is -0.0575. The summed E-state index contributed by atoms with van der Waals surface area (Å²) in [5.74, 6) is -0.0575. The van der Waals surface area contributed by atoms with Gasteiger partial charge in [-0.25, -0.2) is 0 Å². The zero-order valence-electron chi connectivity index (χ0n) is 11.5. The van der Waals surface area contributed by atoms with Gasteiger partial charge in [0.15, 0.2) is 0 Å². The molecule has 0 bridgehead atoms. The van der Waals surface area contributed by atoms with Gasteiger partial charge in [0.2, 0.25) is 0 Å². The minimum absolute atomic E-state index is 0.0575. The Hall–Kier alpha value is -1.59. The number of nitrogens with one attached hydrogen (secondary N) is 2. The second-order valence-electron chi connectivity index (χ2n) is 4.85. The number of benzene rings is 1. The lowest BCUT2D eigenvalue weighted by Gasteiger charge is -2.23. The number of ether oxygens (including phenoxy) is 1. The first-order chi connectivity index (χ1) is 9.16. The highest BCUT2D eigenvalue weighted by molar-refractivity contribution is 5.95. The van der Waals surface area contributed by atoms with Gasteiger partial charge >= 0.3 is 0 Å². The van der Waals surface area contributed by atoms with Crippen molar-refractivity contribution in [1.82, 2.24) is 10.6 Å². The van der Waals surface area contributed by atoms with Crippen molar-refractivity contribution in [3.8, 4) is 0 Å². The normalized spacial score (nSPS) is 18.9. The van der Waals surface area contributed by atoms with Gasteiger partial charge < -0.3 is 20.3 Å². The first kappa shape index (κ1) is 13.8. The maximum Gasteiger partial charge on any atom is 0.251 e. The molecule has 5 heteroatoms. The van der Waals surface area contributed by atoms with E-state index in [0.29, 0.717) is 18.7 Å². The third kappa shape index (κ3) is 3.94. The van der Waals surface area contributed by atoms with Crippen LogP contribution < -0.4 is 15.5 Å². The number of hydrogen-bond acceptors (Lipinski definition) is 4. The van der Waals surface area contributed by atoms with Crippen molar-refractivity contribution in [1.29, 1.82) is 0 Å². The predicted octanol–water partition coefficient (Wildman–Crippen LogP) is 0.471. The molecule has 2 rings (SSSR count). The molecule has 1 heterocycles. The van der Waals surface area contributed by atoms with Crippen molar-refractivity contribution < 1.29 is 9.53 Å². The maximum atomic E-state index is 12.1. The molecule has 1 atom stereocenters. The summed E-state index contributed by atoms with van der Waals surface area (Å²) in [6.45, 7) is 2.92. The zero-order valence-corrected chi connectivity index (χ0v) is 11.5. The van der Waals surface area contributed by atoms with Gasteiger partial charge in [0.05, 0.1) is 12.7 Å². The molecule has 1 aliphatic rings. The number of carbonyl (C=O) groups is 1. The predicted molar refractivity (Wildman–Crippen MR) is 75.7 cm³/mol. The molecule has 1 saturated heterocycles. The Balaban J connectivity index is 1.90. The Bertz CT molecular complexity index is 428. The summed E-state index contributed by atoms with van der Waals surface area (Å²) in [7, 11) is 3.91. The molecule has 2 N–H and O–H groups in total. The topological polar surface area (TPSA) is 53.6 Å². The third-order valence-corrected chi connectivity index (χ3v) is 3.12. The van der Waals surface area contributed by atoms with E-state index in [4.69, 9.17) is 4.74 Å². The van der Waals surface area contributed by atoms with Crippen LogP contribution in [-0.4, -0.2) is 52.3 Å². The third-order valence-electron chi connectivity index (χ3n) is 3.12. The average molecular weight is 263 g/mol. The van der Waals surface area contributed by atoms with Crippen LogP contribution in [0.3, 0.4) is 0 Å². The number of rotatable bonds is 4. The highest BCUT2D eigenvalue weighted by Crippen LogP contribution is 2.13. The summed E-state index contributed by atoms with van der Waals surface area (Å²) >= 11 is 0. The number of amides is 1. The molecule has 104 valence electrons. The first-order valence-corrected chi connectivity index (χ1v) is 6.55. The Morgan fingerprint density at radius 3 is 3.05 bits per heavy atom. The van der Waals surface area contributed by atoms with E-state index < -0.39 is 0 Å². The van der Waals surface area contributed by atoms with Crippen molar-refractivity contribution >= 4 is 11.6 Å². The summed E-state index contributed by atoms with van der Waals surface area (Å²) in [5, 5.41) is 6.15. The van der Waals surface area contributed by atoms with Gasteiger partial charge in [0.1, 0.15) is 0 Å². The summed E-state index contributed by atoms with van der Waals surface area (Å²) < 4.78 is 5.54. The van der Waals surface area contributed by atoms with Gasteiger partial charge in [-0.3, -0.25) is 4.79 Å². The van der Waals surface area contributed by atoms with E-state index in [9.17, 15) is 4.79 Å².